The Hall–Kier alpha value is -2.39. The van der Waals surface area contributed by atoms with Gasteiger partial charge in [-0.25, -0.2) is 9.52 Å². The molecular formula is C20H31N5O3S. The van der Waals surface area contributed by atoms with Crippen LogP contribution in [0.5, 0.6) is 0 Å². The first kappa shape index (κ1) is 19.9. The van der Waals surface area contributed by atoms with Crippen molar-refractivity contribution in [3.8, 4) is 0 Å². The Labute approximate surface area is 174 Å². The molecule has 2 aromatic rings. The zero-order chi connectivity index (χ0) is 20.6. The van der Waals surface area contributed by atoms with Gasteiger partial charge < -0.3 is 10.2 Å². The van der Waals surface area contributed by atoms with Crippen LogP contribution in [0.3, 0.4) is 0 Å². The molecule has 0 saturated heterocycles. The van der Waals surface area contributed by atoms with Crippen LogP contribution in [-0.4, -0.2) is 49.8 Å². The third kappa shape index (κ3) is 4.16. The maximum atomic E-state index is 12.6. The smallest absolute Gasteiger partial charge is 0.308 e. The minimum absolute atomic E-state index is 0. The van der Waals surface area contributed by atoms with Crippen LogP contribution in [0, 0.1) is 0 Å². The van der Waals surface area contributed by atoms with E-state index >= 15 is 0 Å². The zero-order valence-corrected chi connectivity index (χ0v) is 17.7. The van der Waals surface area contributed by atoms with Gasteiger partial charge in [-0.15, -0.1) is 0 Å². The lowest BCUT2D eigenvalue weighted by Crippen LogP contribution is -2.35. The van der Waals surface area contributed by atoms with Gasteiger partial charge in [0.05, 0.1) is 6.54 Å². The molecule has 1 heterocycles. The van der Waals surface area contributed by atoms with Gasteiger partial charge in [-0.05, 0) is 80.9 Å². The van der Waals surface area contributed by atoms with Crippen molar-refractivity contribution in [2.75, 3.05) is 26.0 Å². The average Bonchev–Trinajstić information content (AvgIpc) is 3.39. The highest BCUT2D eigenvalue weighted by Crippen LogP contribution is 2.38. The number of rotatable bonds is 6. The van der Waals surface area contributed by atoms with Crippen LogP contribution in [0.15, 0.2) is 23.4 Å². The van der Waals surface area contributed by atoms with E-state index in [9.17, 15) is 13.2 Å². The van der Waals surface area contributed by atoms with Gasteiger partial charge in [0.15, 0.2) is 5.03 Å². The topological polar surface area (TPSA) is 96.3 Å². The number of urea groups is 1. The summed E-state index contributed by atoms with van der Waals surface area (Å²) < 4.78 is 28.9. The summed E-state index contributed by atoms with van der Waals surface area (Å²) in [7, 11) is -0.164. The van der Waals surface area contributed by atoms with Crippen molar-refractivity contribution >= 4 is 21.7 Å². The first-order valence-corrected chi connectivity index (χ1v) is 11.5. The fraction of sp³-hybridized carbons (Fsp3) is 0.500. The van der Waals surface area contributed by atoms with E-state index in [-0.39, 0.29) is 7.88 Å². The van der Waals surface area contributed by atoms with Crippen LogP contribution in [0.25, 0.3) is 0 Å². The number of nitrogens with one attached hydrogen (secondary N) is 2. The lowest BCUT2D eigenvalue weighted by Gasteiger charge is -2.16. The Bertz CT molecular complexity index is 1020. The lowest BCUT2D eigenvalue weighted by molar-refractivity contribution is 0.256. The predicted molar refractivity (Wildman–Crippen MR) is 115 cm³/mol. The fourth-order valence-corrected chi connectivity index (χ4v) is 5.05. The molecule has 2 amide bonds. The molecule has 0 bridgehead atoms. The molecule has 29 heavy (non-hydrogen) atoms. The van der Waals surface area contributed by atoms with Crippen molar-refractivity contribution in [1.82, 2.24) is 19.4 Å². The second-order valence-corrected chi connectivity index (χ2v) is 9.64. The van der Waals surface area contributed by atoms with Crippen LogP contribution >= 0.6 is 0 Å². The van der Waals surface area contributed by atoms with Gasteiger partial charge in [0.2, 0.25) is 0 Å². The number of nitrogens with zero attached hydrogens (tertiary/aromatic N) is 3. The van der Waals surface area contributed by atoms with E-state index < -0.39 is 16.1 Å². The summed E-state index contributed by atoms with van der Waals surface area (Å²) in [6.45, 7) is 1.30. The van der Waals surface area contributed by atoms with Gasteiger partial charge in [0.1, 0.15) is 0 Å². The molecule has 2 aliphatic carbocycles. The second-order valence-electron chi connectivity index (χ2n) is 8.01. The standard InChI is InChI=1S/C20H27N5O3S.2H2/c1-24(2)11-12-25-10-9-18(22-25)29(27,28)23-20(26)21-19-16-7-3-5-14(16)13-15-6-4-8-17(15)19;;/h9-10,13H,3-8,11-12H2,1-2H3,(H2,21,23,26);2*1H. The normalized spacial score (nSPS) is 15.4. The molecule has 0 radical (unpaired) electrons. The minimum atomic E-state index is -4.03. The molecule has 2 N–H and O–H groups in total. The molecule has 0 aliphatic heterocycles. The molecule has 4 rings (SSSR count). The van der Waals surface area contributed by atoms with Gasteiger partial charge in [-0.2, -0.15) is 13.5 Å². The van der Waals surface area contributed by atoms with Crippen molar-refractivity contribution in [3.63, 3.8) is 0 Å². The van der Waals surface area contributed by atoms with Crippen molar-refractivity contribution in [2.45, 2.75) is 50.1 Å². The molecule has 9 heteroatoms. The molecule has 160 valence electrons. The number of aromatic nitrogens is 2. The number of anilines is 1. The minimum Gasteiger partial charge on any atom is -0.308 e. The Balaban J connectivity index is 0.00000171. The second kappa shape index (κ2) is 7.79. The number of carbonyl (C=O) groups excluding carboxylic acids is 1. The van der Waals surface area contributed by atoms with E-state index in [1.54, 1.807) is 10.9 Å². The molecule has 1 aromatic carbocycles. The van der Waals surface area contributed by atoms with Crippen LogP contribution in [0.4, 0.5) is 10.5 Å². The number of hydrogen-bond donors (Lipinski definition) is 2. The molecule has 1 aromatic heterocycles. The first-order valence-electron chi connectivity index (χ1n) is 10.0. The van der Waals surface area contributed by atoms with Gasteiger partial charge in [-0.1, -0.05) is 6.07 Å². The van der Waals surface area contributed by atoms with Crippen LogP contribution < -0.4 is 10.0 Å². The van der Waals surface area contributed by atoms with Crippen molar-refractivity contribution in [1.29, 1.82) is 0 Å². The van der Waals surface area contributed by atoms with Gasteiger partial charge in [0, 0.05) is 21.3 Å². The summed E-state index contributed by atoms with van der Waals surface area (Å²) in [5, 5.41) is 6.78. The number of benzene rings is 1. The van der Waals surface area contributed by atoms with Crippen molar-refractivity contribution in [2.24, 2.45) is 0 Å². The van der Waals surface area contributed by atoms with Crippen LogP contribution in [0.1, 0.15) is 37.9 Å². The van der Waals surface area contributed by atoms with Crippen molar-refractivity contribution < 1.29 is 16.1 Å². The Morgan fingerprint density at radius 1 is 1.17 bits per heavy atom. The lowest BCUT2D eigenvalue weighted by atomic mass is 9.99. The fourth-order valence-electron chi connectivity index (χ4n) is 4.19. The number of amides is 2. The van der Waals surface area contributed by atoms with Crippen LogP contribution in [-0.2, 0) is 42.3 Å². The van der Waals surface area contributed by atoms with Crippen molar-refractivity contribution in [3.05, 3.63) is 40.6 Å². The SMILES string of the molecule is CN(C)CCn1ccc(S(=O)(=O)NC(=O)Nc2c3c(cc4c2CCC4)CCC3)n1.[HH].[HH]. The molecule has 0 spiro atoms. The summed E-state index contributed by atoms with van der Waals surface area (Å²) in [5.41, 5.74) is 5.70. The van der Waals surface area contributed by atoms with Gasteiger partial charge in [-0.3, -0.25) is 4.68 Å². The molecule has 0 fully saturated rings. The van der Waals surface area contributed by atoms with Crippen LogP contribution in [0.2, 0.25) is 0 Å². The molecular weight excluding hydrogens is 390 g/mol. The number of carbonyl (C=O) groups is 1. The molecule has 0 unspecified atom stereocenters. The van der Waals surface area contributed by atoms with E-state index in [1.165, 1.54) is 17.2 Å². The number of fused-ring (bicyclic) bond motifs is 2. The van der Waals surface area contributed by atoms with E-state index in [2.05, 4.69) is 21.2 Å². The third-order valence-corrected chi connectivity index (χ3v) is 6.83. The zero-order valence-electron chi connectivity index (χ0n) is 16.9. The van der Waals surface area contributed by atoms with Gasteiger partial charge >= 0.3 is 6.03 Å². The Morgan fingerprint density at radius 3 is 2.45 bits per heavy atom. The average molecular weight is 422 g/mol. The molecule has 0 saturated carbocycles. The highest BCUT2D eigenvalue weighted by atomic mass is 32.2. The summed E-state index contributed by atoms with van der Waals surface area (Å²) in [6, 6.07) is 2.94. The largest absolute Gasteiger partial charge is 0.333 e. The maximum Gasteiger partial charge on any atom is 0.333 e. The predicted octanol–water partition coefficient (Wildman–Crippen LogP) is 2.42. The van der Waals surface area contributed by atoms with E-state index in [0.717, 1.165) is 61.9 Å². The van der Waals surface area contributed by atoms with Gasteiger partial charge in [0.25, 0.3) is 10.0 Å². The molecule has 0 atom stereocenters. The number of likely N-dealkylation sites (N-methyl/N-ethyl adjacent to an activating group) is 1. The summed E-state index contributed by atoms with van der Waals surface area (Å²) >= 11 is 0. The highest BCUT2D eigenvalue weighted by molar-refractivity contribution is 7.90. The monoisotopic (exact) mass is 421 g/mol. The summed E-state index contributed by atoms with van der Waals surface area (Å²) in [5.74, 6) is 0. The summed E-state index contributed by atoms with van der Waals surface area (Å²) in [4.78, 5) is 14.6. The number of aryl methyl sites for hydroxylation is 2. The Kier molecular flexibility index (Phi) is 5.35. The quantitative estimate of drug-likeness (QED) is 0.747. The van der Waals surface area contributed by atoms with E-state index in [4.69, 9.17) is 0 Å². The van der Waals surface area contributed by atoms with E-state index in [1.807, 2.05) is 19.0 Å². The third-order valence-electron chi connectivity index (χ3n) is 5.61. The maximum absolute atomic E-state index is 12.6. The molecule has 2 aliphatic rings. The summed E-state index contributed by atoms with van der Waals surface area (Å²) in [6.07, 6.45) is 7.60. The Morgan fingerprint density at radius 2 is 1.83 bits per heavy atom. The number of hydrogen-bond acceptors (Lipinski definition) is 5. The number of sulfonamides is 1. The first-order chi connectivity index (χ1) is 13.8. The highest BCUT2D eigenvalue weighted by Gasteiger charge is 2.27. The molecule has 8 nitrogen and oxygen atoms in total. The van der Waals surface area contributed by atoms with E-state index in [0.29, 0.717) is 6.54 Å².